The molecule has 0 bridgehead atoms. The van der Waals surface area contributed by atoms with Crippen molar-refractivity contribution in [1.82, 2.24) is 0 Å². The van der Waals surface area contributed by atoms with Gasteiger partial charge in [0.1, 0.15) is 17.3 Å². The molecule has 0 saturated carbocycles. The third-order valence-electron chi connectivity index (χ3n) is 4.49. The Labute approximate surface area is 173 Å². The Balaban J connectivity index is 2.57. The van der Waals surface area contributed by atoms with Crippen molar-refractivity contribution in [2.75, 3.05) is 6.61 Å². The first-order chi connectivity index (χ1) is 13.4. The zero-order valence-corrected chi connectivity index (χ0v) is 18.6. The molecule has 6 heteroatoms. The Bertz CT molecular complexity index is 670. The van der Waals surface area contributed by atoms with Crippen LogP contribution in [0.3, 0.4) is 0 Å². The molecular weight excluding hydrogens is 372 g/mol. The second-order valence-electron chi connectivity index (χ2n) is 9.33. The molecule has 162 valence electrons. The molecule has 1 saturated heterocycles. The largest absolute Gasteiger partial charge is 0.459 e. The Kier molecular flexibility index (Phi) is 7.12. The maximum atomic E-state index is 13.5. The van der Waals surface area contributed by atoms with Crippen molar-refractivity contribution in [2.24, 2.45) is 5.41 Å². The number of rotatable bonds is 5. The summed E-state index contributed by atoms with van der Waals surface area (Å²) in [5.41, 5.74) is -2.43. The predicted molar refractivity (Wildman–Crippen MR) is 109 cm³/mol. The van der Waals surface area contributed by atoms with Crippen LogP contribution in [0.15, 0.2) is 30.3 Å². The fourth-order valence-corrected chi connectivity index (χ4v) is 3.35. The third kappa shape index (κ3) is 5.80. The lowest BCUT2D eigenvalue weighted by atomic mass is 9.73. The van der Waals surface area contributed by atoms with Crippen LogP contribution in [-0.2, 0) is 28.5 Å². The predicted octanol–water partition coefficient (Wildman–Crippen LogP) is 4.57. The highest BCUT2D eigenvalue weighted by Gasteiger charge is 2.60. The quantitative estimate of drug-likeness (QED) is 0.527. The van der Waals surface area contributed by atoms with Crippen LogP contribution < -0.4 is 0 Å². The van der Waals surface area contributed by atoms with Gasteiger partial charge in [-0.25, -0.2) is 0 Å². The van der Waals surface area contributed by atoms with Gasteiger partial charge in [0, 0.05) is 13.0 Å². The van der Waals surface area contributed by atoms with Crippen LogP contribution in [0.1, 0.15) is 73.0 Å². The van der Waals surface area contributed by atoms with Crippen LogP contribution in [0.4, 0.5) is 0 Å². The van der Waals surface area contributed by atoms with Gasteiger partial charge in [-0.15, -0.1) is 0 Å². The van der Waals surface area contributed by atoms with Crippen molar-refractivity contribution in [2.45, 2.75) is 84.9 Å². The van der Waals surface area contributed by atoms with Gasteiger partial charge in [-0.2, -0.15) is 0 Å². The molecule has 0 amide bonds. The van der Waals surface area contributed by atoms with Crippen molar-refractivity contribution in [3.8, 4) is 0 Å². The van der Waals surface area contributed by atoms with Gasteiger partial charge in [0.15, 0.2) is 11.7 Å². The maximum absolute atomic E-state index is 13.5. The van der Waals surface area contributed by atoms with E-state index in [0.717, 1.165) is 0 Å². The van der Waals surface area contributed by atoms with Gasteiger partial charge < -0.3 is 18.9 Å². The molecule has 0 aliphatic carbocycles. The topological polar surface area (TPSA) is 71.1 Å². The van der Waals surface area contributed by atoms with E-state index in [1.54, 1.807) is 41.5 Å². The Morgan fingerprint density at radius 2 is 1.52 bits per heavy atom. The molecule has 29 heavy (non-hydrogen) atoms. The van der Waals surface area contributed by atoms with E-state index < -0.39 is 40.9 Å². The molecule has 6 nitrogen and oxygen atoms in total. The van der Waals surface area contributed by atoms with E-state index in [0.29, 0.717) is 18.6 Å². The standard InChI is InChI=1S/C23H34O6/c1-8-26-17-14-15-23(19(24)28-21(2,3)4,20(25)29-22(5,6)7)18(27-17)16-12-10-9-11-13-16/h9-13,17-18H,8,14-15H2,1-7H3/t17-,18+/m1/s1. The van der Waals surface area contributed by atoms with E-state index in [4.69, 9.17) is 18.9 Å². The molecule has 1 aliphatic heterocycles. The number of hydrogen-bond donors (Lipinski definition) is 0. The maximum Gasteiger partial charge on any atom is 0.327 e. The summed E-state index contributed by atoms with van der Waals surface area (Å²) in [6.45, 7) is 13.0. The summed E-state index contributed by atoms with van der Waals surface area (Å²) in [5.74, 6) is -1.27. The van der Waals surface area contributed by atoms with E-state index in [2.05, 4.69) is 0 Å². The van der Waals surface area contributed by atoms with Gasteiger partial charge in [0.25, 0.3) is 0 Å². The second-order valence-corrected chi connectivity index (χ2v) is 9.33. The fourth-order valence-electron chi connectivity index (χ4n) is 3.35. The zero-order valence-electron chi connectivity index (χ0n) is 18.6. The first-order valence-corrected chi connectivity index (χ1v) is 10.2. The van der Waals surface area contributed by atoms with Gasteiger partial charge >= 0.3 is 11.9 Å². The van der Waals surface area contributed by atoms with E-state index in [-0.39, 0.29) is 6.42 Å². The molecule has 0 unspecified atom stereocenters. The van der Waals surface area contributed by atoms with Crippen molar-refractivity contribution >= 4 is 11.9 Å². The summed E-state index contributed by atoms with van der Waals surface area (Å²) in [7, 11) is 0. The van der Waals surface area contributed by atoms with Crippen LogP contribution in [0.2, 0.25) is 0 Å². The van der Waals surface area contributed by atoms with Crippen LogP contribution >= 0.6 is 0 Å². The van der Waals surface area contributed by atoms with E-state index in [9.17, 15) is 9.59 Å². The molecular formula is C23H34O6. The van der Waals surface area contributed by atoms with Crippen LogP contribution in [0.5, 0.6) is 0 Å². The average Bonchev–Trinajstić information content (AvgIpc) is 2.59. The molecule has 0 spiro atoms. The minimum Gasteiger partial charge on any atom is -0.459 e. The lowest BCUT2D eigenvalue weighted by Crippen LogP contribution is -2.54. The van der Waals surface area contributed by atoms with Gasteiger partial charge in [-0.3, -0.25) is 9.59 Å². The summed E-state index contributed by atoms with van der Waals surface area (Å²) in [6, 6.07) is 9.23. The first-order valence-electron chi connectivity index (χ1n) is 10.2. The lowest BCUT2D eigenvalue weighted by molar-refractivity contribution is -0.248. The molecule has 2 rings (SSSR count). The van der Waals surface area contributed by atoms with Gasteiger partial charge in [-0.1, -0.05) is 30.3 Å². The first kappa shape index (κ1) is 23.4. The highest BCUT2D eigenvalue weighted by molar-refractivity contribution is 6.01. The second kappa shape index (κ2) is 8.84. The number of carbonyl (C=O) groups is 2. The Hall–Kier alpha value is -1.92. The molecule has 1 heterocycles. The number of esters is 2. The minimum atomic E-state index is -1.62. The van der Waals surface area contributed by atoms with E-state index >= 15 is 0 Å². The number of carbonyl (C=O) groups excluding carboxylic acids is 2. The molecule has 1 aliphatic rings. The summed E-state index contributed by atoms with van der Waals surface area (Å²) in [5, 5.41) is 0. The summed E-state index contributed by atoms with van der Waals surface area (Å²) in [6.07, 6.45) is -0.793. The smallest absolute Gasteiger partial charge is 0.327 e. The van der Waals surface area contributed by atoms with Crippen LogP contribution in [0.25, 0.3) is 0 Å². The summed E-state index contributed by atoms with van der Waals surface area (Å²) >= 11 is 0. The Morgan fingerprint density at radius 1 is 1.00 bits per heavy atom. The molecule has 0 N–H and O–H groups in total. The molecule has 1 fully saturated rings. The van der Waals surface area contributed by atoms with E-state index in [1.807, 2.05) is 37.3 Å². The lowest BCUT2D eigenvalue weighted by Gasteiger charge is -2.44. The van der Waals surface area contributed by atoms with Gasteiger partial charge in [0.05, 0.1) is 0 Å². The molecule has 1 aromatic carbocycles. The van der Waals surface area contributed by atoms with E-state index in [1.165, 1.54) is 0 Å². The van der Waals surface area contributed by atoms with Gasteiger partial charge in [-0.05, 0) is 60.5 Å². The molecule has 1 aromatic rings. The summed E-state index contributed by atoms with van der Waals surface area (Å²) < 4.78 is 23.2. The number of hydrogen-bond acceptors (Lipinski definition) is 6. The summed E-state index contributed by atoms with van der Waals surface area (Å²) in [4.78, 5) is 26.9. The normalized spacial score (nSPS) is 22.0. The highest BCUT2D eigenvalue weighted by atomic mass is 16.7. The fraction of sp³-hybridized carbons (Fsp3) is 0.652. The van der Waals surface area contributed by atoms with Crippen LogP contribution in [-0.4, -0.2) is 36.0 Å². The van der Waals surface area contributed by atoms with Crippen molar-refractivity contribution in [1.29, 1.82) is 0 Å². The molecule has 0 radical (unpaired) electrons. The molecule has 0 aromatic heterocycles. The van der Waals surface area contributed by atoms with Crippen molar-refractivity contribution < 1.29 is 28.5 Å². The van der Waals surface area contributed by atoms with Gasteiger partial charge in [0.2, 0.25) is 0 Å². The minimum absolute atomic E-state index is 0.209. The number of benzene rings is 1. The SMILES string of the molecule is CCO[C@H]1CCC(C(=O)OC(C)(C)C)(C(=O)OC(C)(C)C)[C@H](c2ccccc2)O1. The highest BCUT2D eigenvalue weighted by Crippen LogP contribution is 2.49. The monoisotopic (exact) mass is 406 g/mol. The van der Waals surface area contributed by atoms with Crippen LogP contribution in [0, 0.1) is 5.41 Å². The van der Waals surface area contributed by atoms with Crippen molar-refractivity contribution in [3.63, 3.8) is 0 Å². The van der Waals surface area contributed by atoms with Crippen molar-refractivity contribution in [3.05, 3.63) is 35.9 Å². The third-order valence-corrected chi connectivity index (χ3v) is 4.49. The zero-order chi connectivity index (χ0) is 21.9. The number of ether oxygens (including phenoxy) is 4. The average molecular weight is 407 g/mol. The Morgan fingerprint density at radius 3 is 1.97 bits per heavy atom. The molecule has 2 atom stereocenters.